The van der Waals surface area contributed by atoms with Gasteiger partial charge in [-0.05, 0) is 48.8 Å². The lowest BCUT2D eigenvalue weighted by Gasteiger charge is -2.47. The van der Waals surface area contributed by atoms with Gasteiger partial charge in [0.2, 0.25) is 0 Å². The van der Waals surface area contributed by atoms with Crippen LogP contribution >= 0.6 is 0 Å². The normalized spacial score (nSPS) is 34.8. The minimum Gasteiger partial charge on any atom is -0.380 e. The molecule has 1 saturated heterocycles. The molecule has 1 aromatic rings. The van der Waals surface area contributed by atoms with Gasteiger partial charge in [0.05, 0.1) is 6.61 Å². The van der Waals surface area contributed by atoms with Crippen LogP contribution in [0, 0.1) is 5.82 Å². The average Bonchev–Trinajstić information content (AvgIpc) is 2.39. The Labute approximate surface area is 114 Å². The van der Waals surface area contributed by atoms with Crippen LogP contribution < -0.4 is 5.32 Å². The zero-order valence-electron chi connectivity index (χ0n) is 11.5. The van der Waals surface area contributed by atoms with E-state index in [1.165, 1.54) is 18.4 Å². The minimum absolute atomic E-state index is 0.152. The van der Waals surface area contributed by atoms with Gasteiger partial charge in [0.1, 0.15) is 5.82 Å². The van der Waals surface area contributed by atoms with Gasteiger partial charge in [-0.2, -0.15) is 0 Å². The van der Waals surface area contributed by atoms with Gasteiger partial charge in [0.15, 0.2) is 0 Å². The molecule has 0 amide bonds. The van der Waals surface area contributed by atoms with Crippen LogP contribution in [0.15, 0.2) is 24.3 Å². The van der Waals surface area contributed by atoms with Crippen molar-refractivity contribution in [3.05, 3.63) is 35.6 Å². The second-order valence-corrected chi connectivity index (χ2v) is 6.25. The highest BCUT2D eigenvalue weighted by molar-refractivity contribution is 5.29. The van der Waals surface area contributed by atoms with Crippen molar-refractivity contribution in [2.75, 3.05) is 13.2 Å². The van der Waals surface area contributed by atoms with E-state index in [9.17, 15) is 4.39 Å². The topological polar surface area (TPSA) is 21.3 Å². The van der Waals surface area contributed by atoms with Crippen molar-refractivity contribution in [3.63, 3.8) is 0 Å². The van der Waals surface area contributed by atoms with Crippen LogP contribution in [0.4, 0.5) is 4.39 Å². The molecule has 0 spiro atoms. The Balaban J connectivity index is 1.54. The van der Waals surface area contributed by atoms with Crippen LogP contribution in [-0.4, -0.2) is 25.3 Å². The lowest BCUT2D eigenvalue weighted by Crippen LogP contribution is -2.54. The number of nitrogens with one attached hydrogen (secondary N) is 1. The van der Waals surface area contributed by atoms with Gasteiger partial charge in [-0.25, -0.2) is 4.39 Å². The Morgan fingerprint density at radius 3 is 2.58 bits per heavy atom. The zero-order valence-corrected chi connectivity index (χ0v) is 11.5. The molecule has 104 valence electrons. The largest absolute Gasteiger partial charge is 0.380 e. The molecule has 1 heterocycles. The van der Waals surface area contributed by atoms with E-state index in [-0.39, 0.29) is 11.2 Å². The van der Waals surface area contributed by atoms with Gasteiger partial charge in [-0.15, -0.1) is 0 Å². The minimum atomic E-state index is -0.152. The molecule has 3 heteroatoms. The van der Waals surface area contributed by atoms with E-state index in [4.69, 9.17) is 4.74 Å². The first-order valence-corrected chi connectivity index (χ1v) is 7.26. The number of ether oxygens (including phenoxy) is 1. The summed E-state index contributed by atoms with van der Waals surface area (Å²) in [6, 6.07) is 8.09. The van der Waals surface area contributed by atoms with Crippen molar-refractivity contribution >= 4 is 0 Å². The fourth-order valence-electron chi connectivity index (χ4n) is 3.44. The maximum atomic E-state index is 13.0. The van der Waals surface area contributed by atoms with Gasteiger partial charge in [0, 0.05) is 18.7 Å². The van der Waals surface area contributed by atoms with Crippen molar-refractivity contribution in [2.45, 2.75) is 50.1 Å². The molecule has 2 aliphatic rings. The maximum absolute atomic E-state index is 13.0. The molecule has 19 heavy (non-hydrogen) atoms. The Kier molecular flexibility index (Phi) is 3.59. The second kappa shape index (κ2) is 5.22. The second-order valence-electron chi connectivity index (χ2n) is 6.25. The van der Waals surface area contributed by atoms with Crippen LogP contribution in [0.5, 0.6) is 0 Å². The van der Waals surface area contributed by atoms with Crippen molar-refractivity contribution in [1.29, 1.82) is 0 Å². The summed E-state index contributed by atoms with van der Waals surface area (Å²) in [6.45, 7) is 4.04. The molecule has 0 bridgehead atoms. The molecule has 0 radical (unpaired) electrons. The number of hydrogen-bond donors (Lipinski definition) is 1. The fourth-order valence-corrected chi connectivity index (χ4v) is 3.44. The van der Waals surface area contributed by atoms with E-state index < -0.39 is 0 Å². The van der Waals surface area contributed by atoms with Crippen LogP contribution in [0.2, 0.25) is 0 Å². The van der Waals surface area contributed by atoms with Crippen LogP contribution in [0.3, 0.4) is 0 Å². The van der Waals surface area contributed by atoms with E-state index in [1.54, 1.807) is 12.1 Å². The lowest BCUT2D eigenvalue weighted by molar-refractivity contribution is 0.0535. The first kappa shape index (κ1) is 13.1. The predicted octanol–water partition coefficient (Wildman–Crippen LogP) is 3.01. The average molecular weight is 263 g/mol. The highest BCUT2D eigenvalue weighted by Crippen LogP contribution is 2.43. The fraction of sp³-hybridized carbons (Fsp3) is 0.625. The quantitative estimate of drug-likeness (QED) is 0.905. The van der Waals surface area contributed by atoms with Gasteiger partial charge >= 0.3 is 0 Å². The van der Waals surface area contributed by atoms with Crippen molar-refractivity contribution in [1.82, 2.24) is 5.32 Å². The molecule has 0 aromatic heterocycles. The van der Waals surface area contributed by atoms with E-state index >= 15 is 0 Å². The highest BCUT2D eigenvalue weighted by Gasteiger charge is 2.42. The number of halogens is 1. The van der Waals surface area contributed by atoms with Gasteiger partial charge < -0.3 is 10.1 Å². The van der Waals surface area contributed by atoms with Crippen LogP contribution in [0.25, 0.3) is 0 Å². The summed E-state index contributed by atoms with van der Waals surface area (Å²) in [6.07, 6.45) is 4.66. The number of rotatable bonds is 3. The van der Waals surface area contributed by atoms with Crippen LogP contribution in [0.1, 0.15) is 38.2 Å². The Bertz CT molecular complexity index is 419. The lowest BCUT2D eigenvalue weighted by atomic mass is 9.63. The Hall–Kier alpha value is -0.930. The summed E-state index contributed by atoms with van der Waals surface area (Å²) in [5.41, 5.74) is 1.47. The predicted molar refractivity (Wildman–Crippen MR) is 73.8 cm³/mol. The first-order chi connectivity index (χ1) is 9.16. The molecule has 0 unspecified atom stereocenters. The van der Waals surface area contributed by atoms with Crippen LogP contribution in [-0.2, 0) is 10.2 Å². The molecular formula is C16H22FNO. The van der Waals surface area contributed by atoms with Crippen molar-refractivity contribution in [3.8, 4) is 0 Å². The molecule has 1 atom stereocenters. The summed E-state index contributed by atoms with van der Waals surface area (Å²) in [7, 11) is 0. The third kappa shape index (κ3) is 2.82. The number of benzene rings is 1. The Morgan fingerprint density at radius 1 is 1.21 bits per heavy atom. The standard InChI is InChI=1S/C16H22FNO/c1-16(12-4-6-13(17)7-5-12)9-15(10-16)18-14-3-2-8-19-11-14/h4-7,14-15,18H,2-3,8-11H2,1H3/t14-,15?,16?/m1/s1. The Morgan fingerprint density at radius 2 is 1.95 bits per heavy atom. The summed E-state index contributed by atoms with van der Waals surface area (Å²) >= 11 is 0. The number of hydrogen-bond acceptors (Lipinski definition) is 2. The third-order valence-electron chi connectivity index (χ3n) is 4.57. The van der Waals surface area contributed by atoms with Gasteiger partial charge in [0.25, 0.3) is 0 Å². The molecule has 3 rings (SSSR count). The van der Waals surface area contributed by atoms with Crippen molar-refractivity contribution < 1.29 is 9.13 Å². The van der Waals surface area contributed by atoms with E-state index in [1.807, 2.05) is 12.1 Å². The summed E-state index contributed by atoms with van der Waals surface area (Å²) in [5.74, 6) is -0.152. The molecule has 1 N–H and O–H groups in total. The summed E-state index contributed by atoms with van der Waals surface area (Å²) < 4.78 is 18.5. The van der Waals surface area contributed by atoms with Crippen molar-refractivity contribution in [2.24, 2.45) is 0 Å². The highest BCUT2D eigenvalue weighted by atomic mass is 19.1. The van der Waals surface area contributed by atoms with E-state index in [0.29, 0.717) is 12.1 Å². The molecule has 2 nitrogen and oxygen atoms in total. The molecule has 1 aliphatic heterocycles. The summed E-state index contributed by atoms with van der Waals surface area (Å²) in [4.78, 5) is 0. The van der Waals surface area contributed by atoms with Gasteiger partial charge in [-0.3, -0.25) is 0 Å². The monoisotopic (exact) mass is 263 g/mol. The molecular weight excluding hydrogens is 241 g/mol. The third-order valence-corrected chi connectivity index (χ3v) is 4.57. The summed E-state index contributed by atoms with van der Waals surface area (Å²) in [5, 5.41) is 3.69. The van der Waals surface area contributed by atoms with E-state index in [0.717, 1.165) is 26.1 Å². The first-order valence-electron chi connectivity index (χ1n) is 7.26. The maximum Gasteiger partial charge on any atom is 0.123 e. The molecule has 1 aromatic carbocycles. The molecule has 2 fully saturated rings. The SMILES string of the molecule is CC1(c2ccc(F)cc2)CC(N[C@@H]2CCCOC2)C1. The smallest absolute Gasteiger partial charge is 0.123 e. The zero-order chi connectivity index (χ0) is 13.3. The molecule has 1 aliphatic carbocycles. The molecule has 1 saturated carbocycles. The van der Waals surface area contributed by atoms with Gasteiger partial charge in [-0.1, -0.05) is 19.1 Å². The van der Waals surface area contributed by atoms with E-state index in [2.05, 4.69) is 12.2 Å².